The van der Waals surface area contributed by atoms with Crippen LogP contribution in [0.1, 0.15) is 60.6 Å². The third-order valence-corrected chi connectivity index (χ3v) is 10.1. The van der Waals surface area contributed by atoms with Crippen molar-refractivity contribution in [1.82, 2.24) is 20.2 Å². The van der Waals surface area contributed by atoms with E-state index >= 15 is 0 Å². The number of sulfonamides is 1. The second kappa shape index (κ2) is 18.2. The molecule has 308 valence electrons. The zero-order valence-electron chi connectivity index (χ0n) is 34.0. The van der Waals surface area contributed by atoms with E-state index in [0.717, 1.165) is 37.0 Å². The standard InChI is InChI=1S/C44H49N7O7S/c1-8-29-21-30(23-31(22-29)42(52)46-28(2)27-51-17-19-57-20-18-51)24-39-45-16-15-40(49-39)58-38-14-13-35(33-11-9-10-12-34(33)38)47-43(53)48-36-25-32(44(3,4)5)26-37(41(36)56-6)50-59(7,54)55/h1,9-16,21-23,25-26,28,50H,17-20,24,27H2,2-7H3,(H,46,52)(H2,47,48,53)/t28-/m0/s1. The minimum Gasteiger partial charge on any atom is -0.492 e. The Labute approximate surface area is 345 Å². The molecule has 1 atom stereocenters. The average Bonchev–Trinajstić information content (AvgIpc) is 3.18. The van der Waals surface area contributed by atoms with Crippen molar-refractivity contribution in [2.45, 2.75) is 45.6 Å². The zero-order valence-corrected chi connectivity index (χ0v) is 34.8. The largest absolute Gasteiger partial charge is 0.492 e. The molecular weight excluding hydrogens is 771 g/mol. The quantitative estimate of drug-likeness (QED) is 0.0930. The van der Waals surface area contributed by atoms with Crippen molar-refractivity contribution in [3.05, 3.63) is 107 Å². The highest BCUT2D eigenvalue weighted by molar-refractivity contribution is 7.92. The summed E-state index contributed by atoms with van der Waals surface area (Å²) in [5, 5.41) is 10.2. The zero-order chi connectivity index (χ0) is 42.3. The molecular formula is C44H49N7O7S. The molecule has 1 aliphatic heterocycles. The Morgan fingerprint density at radius 3 is 2.37 bits per heavy atom. The molecule has 1 saturated heterocycles. The van der Waals surface area contributed by atoms with Crippen molar-refractivity contribution in [3.8, 4) is 29.7 Å². The van der Waals surface area contributed by atoms with E-state index in [9.17, 15) is 18.0 Å². The molecule has 0 bridgehead atoms. The van der Waals surface area contributed by atoms with Gasteiger partial charge in [-0.15, -0.1) is 6.42 Å². The molecule has 15 heteroatoms. The van der Waals surface area contributed by atoms with E-state index < -0.39 is 16.1 Å². The van der Waals surface area contributed by atoms with Gasteiger partial charge in [-0.05, 0) is 65.9 Å². The molecule has 0 unspecified atom stereocenters. The summed E-state index contributed by atoms with van der Waals surface area (Å²) in [5.41, 5.74) is 3.19. The highest BCUT2D eigenvalue weighted by atomic mass is 32.2. The van der Waals surface area contributed by atoms with Gasteiger partial charge in [0.15, 0.2) is 5.75 Å². The van der Waals surface area contributed by atoms with E-state index in [1.807, 2.05) is 58.0 Å². The molecule has 0 saturated carbocycles. The second-order valence-corrected chi connectivity index (χ2v) is 17.2. The van der Waals surface area contributed by atoms with Crippen LogP contribution in [0.4, 0.5) is 21.9 Å². The van der Waals surface area contributed by atoms with Gasteiger partial charge in [-0.3, -0.25) is 14.4 Å². The Hall–Kier alpha value is -6.21. The fourth-order valence-electron chi connectivity index (χ4n) is 6.75. The fourth-order valence-corrected chi connectivity index (χ4v) is 7.30. The van der Waals surface area contributed by atoms with Gasteiger partial charge < -0.3 is 30.2 Å². The number of amides is 3. The third-order valence-electron chi connectivity index (χ3n) is 9.53. The summed E-state index contributed by atoms with van der Waals surface area (Å²) in [6.45, 7) is 11.7. The molecule has 6 rings (SSSR count). The van der Waals surface area contributed by atoms with E-state index in [1.54, 1.807) is 48.7 Å². The van der Waals surface area contributed by atoms with Crippen molar-refractivity contribution >= 4 is 49.8 Å². The lowest BCUT2D eigenvalue weighted by Gasteiger charge is -2.29. The summed E-state index contributed by atoms with van der Waals surface area (Å²) in [5.74, 6) is 3.85. The molecule has 4 N–H and O–H groups in total. The monoisotopic (exact) mass is 819 g/mol. The molecule has 0 aliphatic carbocycles. The number of carbonyl (C=O) groups is 2. The third kappa shape index (κ3) is 11.3. The number of anilines is 3. The molecule has 0 spiro atoms. The van der Waals surface area contributed by atoms with Crippen molar-refractivity contribution in [1.29, 1.82) is 0 Å². The Morgan fingerprint density at radius 2 is 1.68 bits per heavy atom. The van der Waals surface area contributed by atoms with Gasteiger partial charge in [-0.1, -0.05) is 51.0 Å². The molecule has 4 aromatic carbocycles. The van der Waals surface area contributed by atoms with Gasteiger partial charge in [0, 0.05) is 66.3 Å². The molecule has 1 aliphatic rings. The van der Waals surface area contributed by atoms with Gasteiger partial charge in [0.2, 0.25) is 15.9 Å². The van der Waals surface area contributed by atoms with Gasteiger partial charge in [-0.25, -0.2) is 18.2 Å². The summed E-state index contributed by atoms with van der Waals surface area (Å²) >= 11 is 0. The number of carbonyl (C=O) groups excluding carboxylic acids is 2. The van der Waals surface area contributed by atoms with Crippen LogP contribution >= 0.6 is 0 Å². The van der Waals surface area contributed by atoms with Crippen LogP contribution in [-0.2, 0) is 26.6 Å². The number of aromatic nitrogens is 2. The minimum absolute atomic E-state index is 0.0735. The first-order valence-corrected chi connectivity index (χ1v) is 21.0. The molecule has 0 radical (unpaired) electrons. The Balaban J connectivity index is 1.18. The molecule has 2 heterocycles. The highest BCUT2D eigenvalue weighted by Crippen LogP contribution is 2.40. The van der Waals surface area contributed by atoms with Crippen LogP contribution in [0.2, 0.25) is 0 Å². The number of nitrogens with zero attached hydrogens (tertiary/aromatic N) is 3. The van der Waals surface area contributed by atoms with E-state index in [0.29, 0.717) is 64.7 Å². The SMILES string of the molecule is C#Cc1cc(Cc2nccc(Oc3ccc(NC(=O)Nc4cc(C(C)(C)C)cc(NS(C)(=O)=O)c4OC)c4ccccc34)n2)cc(C(=O)N[C@@H](C)CN2CCOCC2)c1. The molecule has 3 amide bonds. The first-order chi connectivity index (χ1) is 28.1. The number of urea groups is 1. The maximum Gasteiger partial charge on any atom is 0.323 e. The van der Waals surface area contributed by atoms with Crippen LogP contribution in [0.3, 0.4) is 0 Å². The second-order valence-electron chi connectivity index (χ2n) is 15.4. The number of morpholine rings is 1. The number of rotatable bonds is 13. The summed E-state index contributed by atoms with van der Waals surface area (Å²) in [6.07, 6.45) is 8.73. The Kier molecular flexibility index (Phi) is 13.0. The van der Waals surface area contributed by atoms with Crippen molar-refractivity contribution in [3.63, 3.8) is 0 Å². The number of terminal acetylenes is 1. The summed E-state index contributed by atoms with van der Waals surface area (Å²) in [6, 6.07) is 20.7. The van der Waals surface area contributed by atoms with Gasteiger partial charge in [0.05, 0.1) is 43.6 Å². The van der Waals surface area contributed by atoms with E-state index in [2.05, 4.69) is 41.5 Å². The minimum atomic E-state index is -3.65. The Bertz CT molecular complexity index is 2510. The number of benzene rings is 4. The number of fused-ring (bicyclic) bond motifs is 1. The lowest BCUT2D eigenvalue weighted by Crippen LogP contribution is -2.46. The average molecular weight is 820 g/mol. The van der Waals surface area contributed by atoms with Crippen LogP contribution < -0.4 is 30.1 Å². The predicted molar refractivity (Wildman–Crippen MR) is 230 cm³/mol. The van der Waals surface area contributed by atoms with Crippen molar-refractivity contribution in [2.75, 3.05) is 61.6 Å². The maximum atomic E-state index is 13.5. The van der Waals surface area contributed by atoms with Crippen molar-refractivity contribution in [2.24, 2.45) is 0 Å². The topological polar surface area (TPSA) is 173 Å². The first kappa shape index (κ1) is 42.4. The molecule has 5 aromatic rings. The molecule has 59 heavy (non-hydrogen) atoms. The normalized spacial score (nSPS) is 13.8. The number of nitrogens with one attached hydrogen (secondary N) is 4. The van der Waals surface area contributed by atoms with Crippen LogP contribution in [-0.4, -0.2) is 87.5 Å². The van der Waals surface area contributed by atoms with Crippen LogP contribution in [0, 0.1) is 12.3 Å². The van der Waals surface area contributed by atoms with Crippen LogP contribution in [0.5, 0.6) is 17.4 Å². The summed E-state index contributed by atoms with van der Waals surface area (Å²) < 4.78 is 44.2. The first-order valence-electron chi connectivity index (χ1n) is 19.1. The van der Waals surface area contributed by atoms with E-state index in [-0.39, 0.29) is 34.5 Å². The van der Waals surface area contributed by atoms with Crippen LogP contribution in [0.25, 0.3) is 10.8 Å². The number of hydrogen-bond acceptors (Lipinski definition) is 10. The Morgan fingerprint density at radius 1 is 0.966 bits per heavy atom. The number of ether oxygens (including phenoxy) is 3. The van der Waals surface area contributed by atoms with Gasteiger partial charge in [0.1, 0.15) is 11.6 Å². The van der Waals surface area contributed by atoms with E-state index in [4.69, 9.17) is 20.6 Å². The number of methoxy groups -OCH3 is 1. The lowest BCUT2D eigenvalue weighted by atomic mass is 9.86. The fraction of sp³-hybridized carbons (Fsp3) is 0.318. The van der Waals surface area contributed by atoms with Crippen molar-refractivity contribution < 1.29 is 32.2 Å². The molecule has 1 aromatic heterocycles. The molecule has 1 fully saturated rings. The highest BCUT2D eigenvalue weighted by Gasteiger charge is 2.23. The van der Waals surface area contributed by atoms with E-state index in [1.165, 1.54) is 7.11 Å². The smallest absolute Gasteiger partial charge is 0.323 e. The number of hydrogen-bond donors (Lipinski definition) is 4. The van der Waals surface area contributed by atoms with Gasteiger partial charge in [-0.2, -0.15) is 4.98 Å². The van der Waals surface area contributed by atoms with Gasteiger partial charge in [0.25, 0.3) is 5.91 Å². The summed E-state index contributed by atoms with van der Waals surface area (Å²) in [4.78, 5) is 38.2. The van der Waals surface area contributed by atoms with Gasteiger partial charge >= 0.3 is 6.03 Å². The summed E-state index contributed by atoms with van der Waals surface area (Å²) in [7, 11) is -2.25. The van der Waals surface area contributed by atoms with Crippen LogP contribution in [0.15, 0.2) is 79.0 Å². The molecule has 14 nitrogen and oxygen atoms in total. The lowest BCUT2D eigenvalue weighted by molar-refractivity contribution is 0.0342. The maximum absolute atomic E-state index is 13.5. The predicted octanol–water partition coefficient (Wildman–Crippen LogP) is 6.77.